The molecule has 0 unspecified atom stereocenters. The summed E-state index contributed by atoms with van der Waals surface area (Å²) in [6.07, 6.45) is 0.733. The van der Waals surface area contributed by atoms with E-state index in [1.54, 1.807) is 0 Å². The number of carbonyl (C=O) groups excluding carboxylic acids is 1. The third-order valence-corrected chi connectivity index (χ3v) is 3.05. The normalized spacial score (nSPS) is 24.1. The van der Waals surface area contributed by atoms with E-state index in [4.69, 9.17) is 10.5 Å². The SMILES string of the molecule is CC(C)C[C@@H](N)C(=O)N1CC(C)(C)OC(C)(C)C1. The molecule has 1 fully saturated rings. The van der Waals surface area contributed by atoms with Crippen molar-refractivity contribution in [3.63, 3.8) is 0 Å². The maximum absolute atomic E-state index is 12.4. The van der Waals surface area contributed by atoms with Crippen LogP contribution in [0.25, 0.3) is 0 Å². The van der Waals surface area contributed by atoms with E-state index in [2.05, 4.69) is 13.8 Å². The average molecular weight is 256 g/mol. The molecular weight excluding hydrogens is 228 g/mol. The Bertz CT molecular complexity index is 295. The smallest absolute Gasteiger partial charge is 0.239 e. The van der Waals surface area contributed by atoms with Gasteiger partial charge in [-0.25, -0.2) is 0 Å². The Balaban J connectivity index is 2.73. The first kappa shape index (κ1) is 15.4. The standard InChI is InChI=1S/C14H28N2O2/c1-10(2)7-11(15)12(17)16-8-13(3,4)18-14(5,6)9-16/h10-11H,7-9,15H2,1-6H3/t11-/m1/s1. The van der Waals surface area contributed by atoms with E-state index in [1.807, 2.05) is 32.6 Å². The van der Waals surface area contributed by atoms with Gasteiger partial charge in [-0.1, -0.05) is 13.8 Å². The van der Waals surface area contributed by atoms with Gasteiger partial charge in [0.1, 0.15) is 0 Å². The highest BCUT2D eigenvalue weighted by molar-refractivity contribution is 5.81. The van der Waals surface area contributed by atoms with Crippen molar-refractivity contribution in [2.75, 3.05) is 13.1 Å². The fraction of sp³-hybridized carbons (Fsp3) is 0.929. The molecule has 1 rings (SSSR count). The van der Waals surface area contributed by atoms with E-state index in [0.717, 1.165) is 6.42 Å². The van der Waals surface area contributed by atoms with Gasteiger partial charge in [-0.15, -0.1) is 0 Å². The first-order chi connectivity index (χ1) is 8.02. The molecule has 1 aliphatic heterocycles. The van der Waals surface area contributed by atoms with E-state index in [1.165, 1.54) is 0 Å². The predicted octanol–water partition coefficient (Wildman–Crippen LogP) is 1.78. The molecule has 106 valence electrons. The maximum Gasteiger partial charge on any atom is 0.239 e. The van der Waals surface area contributed by atoms with Crippen molar-refractivity contribution in [1.29, 1.82) is 0 Å². The van der Waals surface area contributed by atoms with Gasteiger partial charge in [0, 0.05) is 13.1 Å². The summed E-state index contributed by atoms with van der Waals surface area (Å²) in [6, 6.07) is -0.394. The van der Waals surface area contributed by atoms with E-state index >= 15 is 0 Å². The minimum absolute atomic E-state index is 0.0492. The predicted molar refractivity (Wildman–Crippen MR) is 73.3 cm³/mol. The molecule has 1 atom stereocenters. The van der Waals surface area contributed by atoms with Gasteiger partial charge in [0.25, 0.3) is 0 Å². The molecule has 0 aromatic heterocycles. The van der Waals surface area contributed by atoms with Crippen molar-refractivity contribution in [2.24, 2.45) is 11.7 Å². The molecule has 4 nitrogen and oxygen atoms in total. The van der Waals surface area contributed by atoms with Crippen molar-refractivity contribution in [2.45, 2.75) is 65.2 Å². The third-order valence-electron chi connectivity index (χ3n) is 3.05. The number of nitrogens with two attached hydrogens (primary N) is 1. The van der Waals surface area contributed by atoms with Gasteiger partial charge in [0.05, 0.1) is 17.2 Å². The lowest BCUT2D eigenvalue weighted by atomic mass is 9.97. The number of nitrogens with zero attached hydrogens (tertiary/aromatic N) is 1. The van der Waals surface area contributed by atoms with E-state index in [9.17, 15) is 4.79 Å². The van der Waals surface area contributed by atoms with Crippen LogP contribution in [0, 0.1) is 5.92 Å². The minimum Gasteiger partial charge on any atom is -0.366 e. The second-order valence-electron chi connectivity index (χ2n) is 7.05. The second kappa shape index (κ2) is 5.17. The fourth-order valence-corrected chi connectivity index (χ4v) is 2.79. The minimum atomic E-state index is -0.394. The fourth-order valence-electron chi connectivity index (χ4n) is 2.79. The molecular formula is C14H28N2O2. The Kier molecular flexibility index (Phi) is 4.44. The highest BCUT2D eigenvalue weighted by Gasteiger charge is 2.40. The Labute approximate surface area is 111 Å². The van der Waals surface area contributed by atoms with Gasteiger partial charge >= 0.3 is 0 Å². The Morgan fingerprint density at radius 3 is 2.06 bits per heavy atom. The van der Waals surface area contributed by atoms with Crippen LogP contribution in [0.15, 0.2) is 0 Å². The van der Waals surface area contributed by atoms with Crippen LogP contribution in [0.1, 0.15) is 48.0 Å². The molecule has 2 N–H and O–H groups in total. The topological polar surface area (TPSA) is 55.6 Å². The van der Waals surface area contributed by atoms with Crippen LogP contribution in [0.5, 0.6) is 0 Å². The quantitative estimate of drug-likeness (QED) is 0.837. The molecule has 18 heavy (non-hydrogen) atoms. The van der Waals surface area contributed by atoms with Crippen molar-refractivity contribution < 1.29 is 9.53 Å². The first-order valence-corrected chi connectivity index (χ1v) is 6.77. The Hall–Kier alpha value is -0.610. The molecule has 0 aromatic rings. The molecule has 4 heteroatoms. The summed E-state index contributed by atoms with van der Waals surface area (Å²) < 4.78 is 5.97. The summed E-state index contributed by atoms with van der Waals surface area (Å²) in [7, 11) is 0. The Morgan fingerprint density at radius 2 is 1.67 bits per heavy atom. The second-order valence-corrected chi connectivity index (χ2v) is 7.05. The summed E-state index contributed by atoms with van der Waals surface area (Å²) in [6.45, 7) is 13.5. The molecule has 0 radical (unpaired) electrons. The zero-order valence-electron chi connectivity index (χ0n) is 12.6. The van der Waals surface area contributed by atoms with Crippen molar-refractivity contribution in [3.05, 3.63) is 0 Å². The van der Waals surface area contributed by atoms with Crippen molar-refractivity contribution in [3.8, 4) is 0 Å². The Morgan fingerprint density at radius 1 is 1.22 bits per heavy atom. The van der Waals surface area contributed by atoms with Gasteiger partial charge in [-0.2, -0.15) is 0 Å². The van der Waals surface area contributed by atoms with Gasteiger partial charge < -0.3 is 15.4 Å². The lowest BCUT2D eigenvalue weighted by Crippen LogP contribution is -2.61. The monoisotopic (exact) mass is 256 g/mol. The van der Waals surface area contributed by atoms with Gasteiger partial charge in [0.2, 0.25) is 5.91 Å². The lowest BCUT2D eigenvalue weighted by molar-refractivity contribution is -0.188. The van der Waals surface area contributed by atoms with E-state index < -0.39 is 6.04 Å². The highest BCUT2D eigenvalue weighted by Crippen LogP contribution is 2.28. The van der Waals surface area contributed by atoms with Crippen LogP contribution in [0.2, 0.25) is 0 Å². The molecule has 1 heterocycles. The van der Waals surface area contributed by atoms with E-state index in [0.29, 0.717) is 19.0 Å². The molecule has 0 aliphatic carbocycles. The summed E-state index contributed by atoms with van der Waals surface area (Å²) in [5.74, 6) is 0.485. The van der Waals surface area contributed by atoms with Crippen molar-refractivity contribution >= 4 is 5.91 Å². The number of ether oxygens (including phenoxy) is 1. The molecule has 1 amide bonds. The summed E-state index contributed by atoms with van der Waals surface area (Å²) in [5, 5.41) is 0. The number of amides is 1. The molecule has 1 saturated heterocycles. The zero-order chi connectivity index (χ0) is 14.1. The zero-order valence-corrected chi connectivity index (χ0v) is 12.6. The van der Waals surface area contributed by atoms with Crippen LogP contribution in [-0.2, 0) is 9.53 Å². The molecule has 0 saturated carbocycles. The van der Waals surface area contributed by atoms with Crippen LogP contribution >= 0.6 is 0 Å². The van der Waals surface area contributed by atoms with Gasteiger partial charge in [-0.05, 0) is 40.0 Å². The number of carbonyl (C=O) groups is 1. The number of rotatable bonds is 3. The van der Waals surface area contributed by atoms with Gasteiger partial charge in [0.15, 0.2) is 0 Å². The van der Waals surface area contributed by atoms with Crippen LogP contribution in [0.3, 0.4) is 0 Å². The summed E-state index contributed by atoms with van der Waals surface area (Å²) in [4.78, 5) is 14.2. The third kappa shape index (κ3) is 4.25. The maximum atomic E-state index is 12.4. The van der Waals surface area contributed by atoms with Gasteiger partial charge in [-0.3, -0.25) is 4.79 Å². The van der Waals surface area contributed by atoms with Crippen LogP contribution in [0.4, 0.5) is 0 Å². The lowest BCUT2D eigenvalue weighted by Gasteiger charge is -2.47. The summed E-state index contributed by atoms with van der Waals surface area (Å²) >= 11 is 0. The first-order valence-electron chi connectivity index (χ1n) is 6.77. The number of morpholine rings is 1. The number of hydrogen-bond acceptors (Lipinski definition) is 3. The van der Waals surface area contributed by atoms with E-state index in [-0.39, 0.29) is 17.1 Å². The van der Waals surface area contributed by atoms with Crippen molar-refractivity contribution in [1.82, 2.24) is 4.90 Å². The molecule has 0 bridgehead atoms. The molecule has 0 spiro atoms. The molecule has 1 aliphatic rings. The van der Waals surface area contributed by atoms with Crippen LogP contribution in [-0.4, -0.2) is 41.1 Å². The van der Waals surface area contributed by atoms with Crippen LogP contribution < -0.4 is 5.73 Å². The highest BCUT2D eigenvalue weighted by atomic mass is 16.5. The molecule has 0 aromatic carbocycles. The largest absolute Gasteiger partial charge is 0.366 e. The number of hydrogen-bond donors (Lipinski definition) is 1. The average Bonchev–Trinajstić information content (AvgIpc) is 2.10. The summed E-state index contributed by atoms with van der Waals surface area (Å²) in [5.41, 5.74) is 5.37.